The molecular formula is C15H12N2O4. The van der Waals surface area contributed by atoms with Gasteiger partial charge in [-0.25, -0.2) is 0 Å². The van der Waals surface area contributed by atoms with E-state index in [2.05, 4.69) is 4.99 Å². The summed E-state index contributed by atoms with van der Waals surface area (Å²) < 4.78 is 0. The first-order valence-electron chi connectivity index (χ1n) is 6.13. The van der Waals surface area contributed by atoms with Crippen molar-refractivity contribution < 1.29 is 14.8 Å². The average Bonchev–Trinajstić information content (AvgIpc) is 2.49. The topological polar surface area (TPSA) is 92.8 Å². The normalized spacial score (nSPS) is 10.7. The number of nitrogens with zero attached hydrogens (tertiary/aromatic N) is 2. The van der Waals surface area contributed by atoms with Crippen molar-refractivity contribution in [3.63, 3.8) is 0 Å². The smallest absolute Gasteiger partial charge is 0.269 e. The number of hydrogen-bond donors (Lipinski definition) is 1. The number of Topliss-reactive ketones (excluding diaryl/α,β-unsaturated/α-hetero) is 1. The zero-order valence-electron chi connectivity index (χ0n) is 11.0. The van der Waals surface area contributed by atoms with E-state index in [0.29, 0.717) is 11.1 Å². The van der Waals surface area contributed by atoms with Gasteiger partial charge in [0, 0.05) is 29.5 Å². The summed E-state index contributed by atoms with van der Waals surface area (Å²) in [5.74, 6) is -0.166. The molecule has 0 spiro atoms. The molecule has 6 nitrogen and oxygen atoms in total. The van der Waals surface area contributed by atoms with Crippen molar-refractivity contribution >= 4 is 17.7 Å². The number of carbonyl (C=O) groups is 1. The number of nitro groups is 1. The van der Waals surface area contributed by atoms with Crippen molar-refractivity contribution in [2.75, 3.05) is 6.54 Å². The van der Waals surface area contributed by atoms with Crippen LogP contribution < -0.4 is 0 Å². The molecule has 0 heterocycles. The maximum atomic E-state index is 11.9. The number of benzene rings is 2. The van der Waals surface area contributed by atoms with Gasteiger partial charge in [0.1, 0.15) is 12.3 Å². The summed E-state index contributed by atoms with van der Waals surface area (Å²) in [5.41, 5.74) is 0.813. The predicted molar refractivity (Wildman–Crippen MR) is 78.0 cm³/mol. The average molecular weight is 284 g/mol. The Labute approximate surface area is 120 Å². The summed E-state index contributed by atoms with van der Waals surface area (Å²) in [6.07, 6.45) is 1.42. The summed E-state index contributed by atoms with van der Waals surface area (Å²) >= 11 is 0. The van der Waals surface area contributed by atoms with E-state index in [1.54, 1.807) is 18.2 Å². The molecule has 21 heavy (non-hydrogen) atoms. The van der Waals surface area contributed by atoms with Crippen molar-refractivity contribution in [1.82, 2.24) is 0 Å². The molecule has 2 rings (SSSR count). The summed E-state index contributed by atoms with van der Waals surface area (Å²) in [4.78, 5) is 25.8. The van der Waals surface area contributed by atoms with Gasteiger partial charge in [0.25, 0.3) is 5.69 Å². The van der Waals surface area contributed by atoms with Gasteiger partial charge >= 0.3 is 0 Å². The zero-order chi connectivity index (χ0) is 15.2. The van der Waals surface area contributed by atoms with Crippen LogP contribution in [0.2, 0.25) is 0 Å². The maximum Gasteiger partial charge on any atom is 0.269 e. The van der Waals surface area contributed by atoms with Gasteiger partial charge in [-0.05, 0) is 24.3 Å². The first-order chi connectivity index (χ1) is 10.1. The zero-order valence-corrected chi connectivity index (χ0v) is 11.0. The fraction of sp³-hybridized carbons (Fsp3) is 0.0667. The third-order valence-corrected chi connectivity index (χ3v) is 2.80. The number of aromatic hydroxyl groups is 1. The lowest BCUT2D eigenvalue weighted by Crippen LogP contribution is -2.03. The van der Waals surface area contributed by atoms with Gasteiger partial charge in [0.2, 0.25) is 0 Å². The second kappa shape index (κ2) is 6.42. The third-order valence-electron chi connectivity index (χ3n) is 2.80. The van der Waals surface area contributed by atoms with Crippen LogP contribution >= 0.6 is 0 Å². The predicted octanol–water partition coefficient (Wildman–Crippen LogP) is 2.60. The number of carbonyl (C=O) groups excluding carboxylic acids is 1. The fourth-order valence-corrected chi connectivity index (χ4v) is 1.68. The van der Waals surface area contributed by atoms with E-state index in [1.807, 2.05) is 0 Å². The van der Waals surface area contributed by atoms with Gasteiger partial charge in [-0.2, -0.15) is 0 Å². The molecule has 2 aromatic carbocycles. The number of non-ortho nitro benzene ring substituents is 1. The van der Waals surface area contributed by atoms with E-state index in [-0.39, 0.29) is 23.8 Å². The lowest BCUT2D eigenvalue weighted by molar-refractivity contribution is -0.384. The Morgan fingerprint density at radius 3 is 2.48 bits per heavy atom. The molecule has 0 bridgehead atoms. The molecule has 6 heteroatoms. The highest BCUT2D eigenvalue weighted by molar-refractivity contribution is 5.99. The molecule has 0 aliphatic rings. The van der Waals surface area contributed by atoms with Crippen LogP contribution in [0, 0.1) is 10.1 Å². The molecular weight excluding hydrogens is 272 g/mol. The van der Waals surface area contributed by atoms with Crippen LogP contribution in [0.25, 0.3) is 0 Å². The monoisotopic (exact) mass is 284 g/mol. The summed E-state index contributed by atoms with van der Waals surface area (Å²) in [6.45, 7) is -0.0911. The molecule has 0 unspecified atom stereocenters. The Morgan fingerprint density at radius 2 is 1.86 bits per heavy atom. The number of nitro benzene ring substituents is 1. The van der Waals surface area contributed by atoms with E-state index in [1.165, 1.54) is 36.5 Å². The molecule has 0 atom stereocenters. The van der Waals surface area contributed by atoms with Gasteiger partial charge in [-0.1, -0.05) is 12.1 Å². The maximum absolute atomic E-state index is 11.9. The number of para-hydroxylation sites is 1. The minimum Gasteiger partial charge on any atom is -0.507 e. The lowest BCUT2D eigenvalue weighted by atomic mass is 10.1. The Kier molecular flexibility index (Phi) is 4.40. The van der Waals surface area contributed by atoms with Crippen LogP contribution in [0.5, 0.6) is 5.75 Å². The van der Waals surface area contributed by atoms with Gasteiger partial charge in [0.15, 0.2) is 5.78 Å². The van der Waals surface area contributed by atoms with Gasteiger partial charge in [-0.3, -0.25) is 19.9 Å². The van der Waals surface area contributed by atoms with Crippen LogP contribution in [0.4, 0.5) is 5.69 Å². The van der Waals surface area contributed by atoms with Crippen molar-refractivity contribution in [3.05, 3.63) is 69.8 Å². The van der Waals surface area contributed by atoms with Gasteiger partial charge in [-0.15, -0.1) is 0 Å². The lowest BCUT2D eigenvalue weighted by Gasteiger charge is -1.99. The molecule has 2 aromatic rings. The standard InChI is InChI=1S/C15H12N2O4/c18-14-4-2-1-3-12(14)9-16-10-15(19)11-5-7-13(8-6-11)17(20)21/h1-9,18H,10H2. The molecule has 0 saturated carbocycles. The SMILES string of the molecule is O=C(CN=Cc1ccccc1O)c1ccc([N+](=O)[O-])cc1. The van der Waals surface area contributed by atoms with E-state index in [4.69, 9.17) is 0 Å². The van der Waals surface area contributed by atoms with Crippen molar-refractivity contribution in [2.24, 2.45) is 4.99 Å². The minimum absolute atomic E-state index is 0.0655. The van der Waals surface area contributed by atoms with E-state index >= 15 is 0 Å². The highest BCUT2D eigenvalue weighted by Crippen LogP contribution is 2.14. The largest absolute Gasteiger partial charge is 0.507 e. The molecule has 0 fully saturated rings. The van der Waals surface area contributed by atoms with E-state index in [0.717, 1.165) is 0 Å². The van der Waals surface area contributed by atoms with Crippen LogP contribution in [-0.2, 0) is 0 Å². The summed E-state index contributed by atoms with van der Waals surface area (Å²) in [7, 11) is 0. The molecule has 0 amide bonds. The third kappa shape index (κ3) is 3.73. The molecule has 0 aliphatic heterocycles. The number of ketones is 1. The van der Waals surface area contributed by atoms with Gasteiger partial charge in [0.05, 0.1) is 4.92 Å². The van der Waals surface area contributed by atoms with Gasteiger partial charge < -0.3 is 5.11 Å². The van der Waals surface area contributed by atoms with Crippen molar-refractivity contribution in [2.45, 2.75) is 0 Å². The summed E-state index contributed by atoms with van der Waals surface area (Å²) in [6, 6.07) is 12.0. The highest BCUT2D eigenvalue weighted by Gasteiger charge is 2.08. The fourth-order valence-electron chi connectivity index (χ4n) is 1.68. The van der Waals surface area contributed by atoms with Crippen LogP contribution in [-0.4, -0.2) is 28.6 Å². The molecule has 106 valence electrons. The van der Waals surface area contributed by atoms with Crippen LogP contribution in [0.3, 0.4) is 0 Å². The first-order valence-corrected chi connectivity index (χ1v) is 6.13. The number of phenolic OH excluding ortho intramolecular Hbond substituents is 1. The van der Waals surface area contributed by atoms with E-state index in [9.17, 15) is 20.0 Å². The molecule has 0 radical (unpaired) electrons. The second-order valence-corrected chi connectivity index (χ2v) is 4.26. The van der Waals surface area contributed by atoms with Crippen molar-refractivity contribution in [3.8, 4) is 5.75 Å². The quantitative estimate of drug-likeness (QED) is 0.395. The number of hydrogen-bond acceptors (Lipinski definition) is 5. The summed E-state index contributed by atoms with van der Waals surface area (Å²) in [5, 5.41) is 20.1. The molecule has 0 aliphatic carbocycles. The Morgan fingerprint density at radius 1 is 1.19 bits per heavy atom. The number of phenols is 1. The van der Waals surface area contributed by atoms with Crippen molar-refractivity contribution in [1.29, 1.82) is 0 Å². The van der Waals surface area contributed by atoms with E-state index < -0.39 is 4.92 Å². The van der Waals surface area contributed by atoms with Crippen LogP contribution in [0.1, 0.15) is 15.9 Å². The minimum atomic E-state index is -0.523. The highest BCUT2D eigenvalue weighted by atomic mass is 16.6. The second-order valence-electron chi connectivity index (χ2n) is 4.26. The number of rotatable bonds is 5. The van der Waals surface area contributed by atoms with Crippen LogP contribution in [0.15, 0.2) is 53.5 Å². The molecule has 1 N–H and O–H groups in total. The first kappa shape index (κ1) is 14.4. The Hall–Kier alpha value is -3.02. The number of aliphatic imine (C=N–C) groups is 1. The Balaban J connectivity index is 2.02. The molecule has 0 aromatic heterocycles. The molecule has 0 saturated heterocycles. The Bertz CT molecular complexity index is 693.